The lowest BCUT2D eigenvalue weighted by atomic mass is 9.64. The number of benzene rings is 1. The summed E-state index contributed by atoms with van der Waals surface area (Å²) in [6.45, 7) is 0.539. The standard InChI is InChI=1S/C17H22FNO3S/c18-15-4-2-14(3-5-15)17(7-1-8-17)12-19-16(20)10-13-6-9-23(21,22)11-13/h2-5,13H,1,6-12H2,(H,19,20). The van der Waals surface area contributed by atoms with E-state index in [0.29, 0.717) is 13.0 Å². The molecule has 1 heterocycles. The zero-order valence-corrected chi connectivity index (χ0v) is 13.9. The summed E-state index contributed by atoms with van der Waals surface area (Å²) in [7, 11) is -2.94. The molecule has 23 heavy (non-hydrogen) atoms. The Morgan fingerprint density at radius 2 is 1.96 bits per heavy atom. The van der Waals surface area contributed by atoms with Crippen molar-refractivity contribution in [3.8, 4) is 0 Å². The Morgan fingerprint density at radius 1 is 1.26 bits per heavy atom. The summed E-state index contributed by atoms with van der Waals surface area (Å²) in [4.78, 5) is 12.1. The largest absolute Gasteiger partial charge is 0.355 e. The average molecular weight is 339 g/mol. The number of nitrogens with one attached hydrogen (secondary N) is 1. The van der Waals surface area contributed by atoms with E-state index in [2.05, 4.69) is 5.32 Å². The summed E-state index contributed by atoms with van der Waals surface area (Å²) in [5, 5.41) is 2.97. The van der Waals surface area contributed by atoms with Crippen molar-refractivity contribution < 1.29 is 17.6 Å². The number of halogens is 1. The number of carbonyl (C=O) groups is 1. The lowest BCUT2D eigenvalue weighted by Crippen LogP contribution is -2.45. The molecule has 1 saturated heterocycles. The molecular formula is C17H22FNO3S. The third-order valence-corrected chi connectivity index (χ3v) is 7.03. The summed E-state index contributed by atoms with van der Waals surface area (Å²) >= 11 is 0. The van der Waals surface area contributed by atoms with Gasteiger partial charge in [-0.25, -0.2) is 12.8 Å². The molecule has 1 aromatic rings. The third kappa shape index (κ3) is 3.74. The Morgan fingerprint density at radius 3 is 2.48 bits per heavy atom. The number of carbonyl (C=O) groups excluding carboxylic acids is 1. The van der Waals surface area contributed by atoms with E-state index in [1.807, 2.05) is 0 Å². The van der Waals surface area contributed by atoms with Crippen molar-refractivity contribution in [2.24, 2.45) is 5.92 Å². The highest BCUT2D eigenvalue weighted by Gasteiger charge is 2.39. The molecule has 1 amide bonds. The van der Waals surface area contributed by atoms with Crippen LogP contribution in [0.15, 0.2) is 24.3 Å². The number of amides is 1. The first kappa shape index (κ1) is 16.4. The SMILES string of the molecule is O=C(CC1CCS(=O)(=O)C1)NCC1(c2ccc(F)cc2)CCC1. The normalized spacial score (nSPS) is 24.8. The van der Waals surface area contributed by atoms with Crippen LogP contribution >= 0.6 is 0 Å². The summed E-state index contributed by atoms with van der Waals surface area (Å²) in [6.07, 6.45) is 3.93. The van der Waals surface area contributed by atoms with E-state index >= 15 is 0 Å². The van der Waals surface area contributed by atoms with Gasteiger partial charge >= 0.3 is 0 Å². The van der Waals surface area contributed by atoms with Gasteiger partial charge in [-0.3, -0.25) is 4.79 Å². The molecule has 1 aliphatic heterocycles. The summed E-state index contributed by atoms with van der Waals surface area (Å²) in [6, 6.07) is 6.51. The summed E-state index contributed by atoms with van der Waals surface area (Å²) < 4.78 is 36.0. The van der Waals surface area contributed by atoms with Crippen molar-refractivity contribution in [3.05, 3.63) is 35.6 Å². The number of rotatable bonds is 5. The van der Waals surface area contributed by atoms with E-state index in [-0.39, 0.29) is 41.0 Å². The highest BCUT2D eigenvalue weighted by atomic mass is 32.2. The Kier molecular flexibility index (Phi) is 4.45. The molecule has 4 nitrogen and oxygen atoms in total. The highest BCUT2D eigenvalue weighted by molar-refractivity contribution is 7.91. The monoisotopic (exact) mass is 339 g/mol. The molecule has 0 bridgehead atoms. The maximum absolute atomic E-state index is 13.1. The lowest BCUT2D eigenvalue weighted by Gasteiger charge is -2.42. The van der Waals surface area contributed by atoms with Crippen molar-refractivity contribution in [1.82, 2.24) is 5.32 Å². The second kappa shape index (κ2) is 6.23. The number of sulfone groups is 1. The van der Waals surface area contributed by atoms with E-state index in [1.165, 1.54) is 12.1 Å². The van der Waals surface area contributed by atoms with E-state index in [0.717, 1.165) is 24.8 Å². The van der Waals surface area contributed by atoms with Crippen LogP contribution in [0.4, 0.5) is 4.39 Å². The molecule has 2 fully saturated rings. The van der Waals surface area contributed by atoms with Crippen molar-refractivity contribution in [1.29, 1.82) is 0 Å². The average Bonchev–Trinajstić information content (AvgIpc) is 2.78. The van der Waals surface area contributed by atoms with Crippen LogP contribution in [0.3, 0.4) is 0 Å². The molecule has 1 unspecified atom stereocenters. The van der Waals surface area contributed by atoms with E-state index in [9.17, 15) is 17.6 Å². The Balaban J connectivity index is 1.56. The zero-order valence-electron chi connectivity index (χ0n) is 13.1. The Labute approximate surface area is 136 Å². The lowest BCUT2D eigenvalue weighted by molar-refractivity contribution is -0.122. The molecule has 126 valence electrons. The second-order valence-corrected chi connectivity index (χ2v) is 9.12. The van der Waals surface area contributed by atoms with Gasteiger partial charge < -0.3 is 5.32 Å². The zero-order chi connectivity index (χ0) is 16.5. The minimum atomic E-state index is -2.94. The third-order valence-electron chi connectivity index (χ3n) is 5.19. The van der Waals surface area contributed by atoms with Gasteiger partial charge in [-0.15, -0.1) is 0 Å². The van der Waals surface area contributed by atoms with E-state index in [1.54, 1.807) is 12.1 Å². The van der Waals surface area contributed by atoms with Crippen LogP contribution in [0.5, 0.6) is 0 Å². The second-order valence-electron chi connectivity index (χ2n) is 6.89. The van der Waals surface area contributed by atoms with Gasteiger partial charge in [-0.1, -0.05) is 18.6 Å². The van der Waals surface area contributed by atoms with E-state index in [4.69, 9.17) is 0 Å². The molecule has 1 saturated carbocycles. The van der Waals surface area contributed by atoms with Crippen molar-refractivity contribution in [2.45, 2.75) is 37.5 Å². The molecule has 0 spiro atoms. The summed E-state index contributed by atoms with van der Waals surface area (Å²) in [5.74, 6) is -0.0630. The van der Waals surface area contributed by atoms with Gasteiger partial charge in [0.05, 0.1) is 11.5 Å². The molecule has 1 N–H and O–H groups in total. The van der Waals surface area contributed by atoms with Gasteiger partial charge in [0.25, 0.3) is 0 Å². The fourth-order valence-electron chi connectivity index (χ4n) is 3.61. The maximum atomic E-state index is 13.1. The Hall–Kier alpha value is -1.43. The molecule has 1 aromatic carbocycles. The molecule has 3 rings (SSSR count). The van der Waals surface area contributed by atoms with Crippen LogP contribution in [-0.2, 0) is 20.0 Å². The van der Waals surface area contributed by atoms with Crippen molar-refractivity contribution >= 4 is 15.7 Å². The quantitative estimate of drug-likeness (QED) is 0.894. The molecular weight excluding hydrogens is 317 g/mol. The summed E-state index contributed by atoms with van der Waals surface area (Å²) in [5.41, 5.74) is 0.972. The fraction of sp³-hybridized carbons (Fsp3) is 0.588. The van der Waals surface area contributed by atoms with Crippen LogP contribution in [0.2, 0.25) is 0 Å². The topological polar surface area (TPSA) is 63.2 Å². The molecule has 1 atom stereocenters. The van der Waals surface area contributed by atoms with Gasteiger partial charge in [0.2, 0.25) is 5.91 Å². The van der Waals surface area contributed by atoms with Crippen LogP contribution in [0, 0.1) is 11.7 Å². The molecule has 6 heteroatoms. The van der Waals surface area contributed by atoms with E-state index < -0.39 is 9.84 Å². The molecule has 0 aromatic heterocycles. The predicted octanol–water partition coefficient (Wildman–Crippen LogP) is 2.19. The highest BCUT2D eigenvalue weighted by Crippen LogP contribution is 2.43. The van der Waals surface area contributed by atoms with Gasteiger partial charge in [-0.05, 0) is 42.9 Å². The van der Waals surface area contributed by atoms with Gasteiger partial charge in [0, 0.05) is 18.4 Å². The maximum Gasteiger partial charge on any atom is 0.220 e. The molecule has 0 radical (unpaired) electrons. The first-order valence-electron chi connectivity index (χ1n) is 8.12. The van der Waals surface area contributed by atoms with Crippen LogP contribution < -0.4 is 5.32 Å². The molecule has 2 aliphatic rings. The van der Waals surface area contributed by atoms with Crippen LogP contribution in [0.1, 0.15) is 37.7 Å². The minimum absolute atomic E-state index is 0.0526. The number of hydrogen-bond donors (Lipinski definition) is 1. The number of hydrogen-bond acceptors (Lipinski definition) is 3. The van der Waals surface area contributed by atoms with Crippen LogP contribution in [-0.4, -0.2) is 32.4 Å². The first-order chi connectivity index (χ1) is 10.9. The Bertz CT molecular complexity index is 680. The van der Waals surface area contributed by atoms with Gasteiger partial charge in [0.1, 0.15) is 5.82 Å². The molecule has 1 aliphatic carbocycles. The van der Waals surface area contributed by atoms with Gasteiger partial charge in [-0.2, -0.15) is 0 Å². The van der Waals surface area contributed by atoms with Crippen LogP contribution in [0.25, 0.3) is 0 Å². The minimum Gasteiger partial charge on any atom is -0.355 e. The fourth-order valence-corrected chi connectivity index (χ4v) is 5.47. The predicted molar refractivity (Wildman–Crippen MR) is 86.3 cm³/mol. The first-order valence-corrected chi connectivity index (χ1v) is 9.94. The van der Waals surface area contributed by atoms with Crippen molar-refractivity contribution in [3.63, 3.8) is 0 Å². The van der Waals surface area contributed by atoms with Crippen molar-refractivity contribution in [2.75, 3.05) is 18.1 Å². The smallest absolute Gasteiger partial charge is 0.220 e. The van der Waals surface area contributed by atoms with Gasteiger partial charge in [0.15, 0.2) is 9.84 Å².